The van der Waals surface area contributed by atoms with Gasteiger partial charge in [-0.15, -0.1) is 0 Å². The van der Waals surface area contributed by atoms with Gasteiger partial charge in [0.2, 0.25) is 5.91 Å². The third kappa shape index (κ3) is 2.98. The first-order valence-corrected chi connectivity index (χ1v) is 8.31. The van der Waals surface area contributed by atoms with Gasteiger partial charge in [0, 0.05) is 18.3 Å². The molecule has 1 saturated carbocycles. The van der Waals surface area contributed by atoms with Gasteiger partial charge in [-0.2, -0.15) is 0 Å². The van der Waals surface area contributed by atoms with E-state index < -0.39 is 0 Å². The van der Waals surface area contributed by atoms with Gasteiger partial charge in [-0.1, -0.05) is 44.4 Å². The summed E-state index contributed by atoms with van der Waals surface area (Å²) in [6.07, 6.45) is 6.52. The summed E-state index contributed by atoms with van der Waals surface area (Å²) in [5, 5.41) is 0. The molecule has 0 saturated heterocycles. The maximum absolute atomic E-state index is 13.1. The Morgan fingerprint density at radius 1 is 1.19 bits per heavy atom. The van der Waals surface area contributed by atoms with Crippen LogP contribution in [0, 0.1) is 11.8 Å². The Morgan fingerprint density at radius 3 is 2.81 bits per heavy atom. The molecule has 0 radical (unpaired) electrons. The fraction of sp³-hybridized carbons (Fsp3) is 0.611. The molecule has 1 heterocycles. The highest BCUT2D eigenvalue weighted by Crippen LogP contribution is 2.33. The van der Waals surface area contributed by atoms with Crippen molar-refractivity contribution in [3.63, 3.8) is 0 Å². The second-order valence-corrected chi connectivity index (χ2v) is 6.80. The number of rotatable bonds is 1. The molecule has 1 aromatic rings. The van der Waals surface area contributed by atoms with Crippen molar-refractivity contribution in [2.24, 2.45) is 17.6 Å². The first kappa shape index (κ1) is 14.6. The van der Waals surface area contributed by atoms with E-state index in [0.717, 1.165) is 44.3 Å². The van der Waals surface area contributed by atoms with Gasteiger partial charge in [0.1, 0.15) is 0 Å². The lowest BCUT2D eigenvalue weighted by Gasteiger charge is -2.36. The predicted octanol–water partition coefficient (Wildman–Crippen LogP) is 3.12. The largest absolute Gasteiger partial charge is 0.327 e. The summed E-state index contributed by atoms with van der Waals surface area (Å²) in [5.41, 5.74) is 8.70. The molecule has 3 nitrogen and oxygen atoms in total. The fourth-order valence-electron chi connectivity index (χ4n) is 3.85. The van der Waals surface area contributed by atoms with Crippen LogP contribution >= 0.6 is 0 Å². The first-order chi connectivity index (χ1) is 10.2. The zero-order valence-electron chi connectivity index (χ0n) is 12.9. The molecule has 3 atom stereocenters. The van der Waals surface area contributed by atoms with E-state index in [1.807, 2.05) is 11.0 Å². The molecule has 0 bridgehead atoms. The molecular formula is C18H26N2O. The van der Waals surface area contributed by atoms with Crippen LogP contribution in [0.4, 0.5) is 5.69 Å². The van der Waals surface area contributed by atoms with Crippen molar-refractivity contribution < 1.29 is 4.79 Å². The molecule has 3 heteroatoms. The normalized spacial score (nSPS) is 29.6. The van der Waals surface area contributed by atoms with Crippen molar-refractivity contribution in [2.75, 3.05) is 11.4 Å². The second kappa shape index (κ2) is 6.18. The summed E-state index contributed by atoms with van der Waals surface area (Å²) in [4.78, 5) is 15.1. The van der Waals surface area contributed by atoms with Crippen LogP contribution in [-0.2, 0) is 11.2 Å². The predicted molar refractivity (Wildman–Crippen MR) is 86.2 cm³/mol. The molecule has 0 aromatic heterocycles. The molecule has 1 aliphatic heterocycles. The van der Waals surface area contributed by atoms with Gasteiger partial charge in [0.15, 0.2) is 0 Å². The van der Waals surface area contributed by atoms with E-state index in [2.05, 4.69) is 25.1 Å². The smallest absolute Gasteiger partial charge is 0.231 e. The molecule has 114 valence electrons. The number of nitrogens with two attached hydrogens (primary N) is 1. The van der Waals surface area contributed by atoms with E-state index >= 15 is 0 Å². The molecule has 1 aliphatic carbocycles. The minimum atomic E-state index is 0.00542. The van der Waals surface area contributed by atoms with Crippen LogP contribution in [0.1, 0.15) is 44.6 Å². The van der Waals surface area contributed by atoms with E-state index in [4.69, 9.17) is 5.73 Å². The Labute approximate surface area is 127 Å². The third-order valence-corrected chi connectivity index (χ3v) is 5.00. The molecule has 1 fully saturated rings. The maximum atomic E-state index is 13.1. The van der Waals surface area contributed by atoms with Crippen molar-refractivity contribution in [2.45, 2.75) is 51.5 Å². The summed E-state index contributed by atoms with van der Waals surface area (Å²) in [5.74, 6) is 0.778. The SMILES string of the molecule is CC1Cc2ccccc2N(C(=O)C2CCCCCC2N)C1. The number of carbonyl (C=O) groups is 1. The lowest BCUT2D eigenvalue weighted by molar-refractivity contribution is -0.123. The summed E-state index contributed by atoms with van der Waals surface area (Å²) in [6, 6.07) is 8.36. The molecule has 2 N–H and O–H groups in total. The zero-order valence-corrected chi connectivity index (χ0v) is 12.9. The van der Waals surface area contributed by atoms with Crippen molar-refractivity contribution in [1.29, 1.82) is 0 Å². The third-order valence-electron chi connectivity index (χ3n) is 5.00. The number of carbonyl (C=O) groups excluding carboxylic acids is 1. The molecule has 3 rings (SSSR count). The van der Waals surface area contributed by atoms with Crippen molar-refractivity contribution >= 4 is 11.6 Å². The van der Waals surface area contributed by atoms with Crippen molar-refractivity contribution in [3.8, 4) is 0 Å². The van der Waals surface area contributed by atoms with Crippen LogP contribution < -0.4 is 10.6 Å². The van der Waals surface area contributed by atoms with Crippen molar-refractivity contribution in [1.82, 2.24) is 0 Å². The van der Waals surface area contributed by atoms with E-state index in [1.165, 1.54) is 12.0 Å². The van der Waals surface area contributed by atoms with Crippen molar-refractivity contribution in [3.05, 3.63) is 29.8 Å². The van der Waals surface area contributed by atoms with Crippen LogP contribution in [0.2, 0.25) is 0 Å². The lowest BCUT2D eigenvalue weighted by Crippen LogP contribution is -2.47. The molecule has 1 aromatic carbocycles. The zero-order chi connectivity index (χ0) is 14.8. The van der Waals surface area contributed by atoms with Crippen LogP contribution in [0.25, 0.3) is 0 Å². The Balaban J connectivity index is 1.87. The van der Waals surface area contributed by atoms with Crippen LogP contribution in [0.3, 0.4) is 0 Å². The Hall–Kier alpha value is -1.35. The van der Waals surface area contributed by atoms with Gasteiger partial charge in [0.05, 0.1) is 5.92 Å². The van der Waals surface area contributed by atoms with Gasteiger partial charge < -0.3 is 10.6 Å². The average molecular weight is 286 g/mol. The number of hydrogen-bond acceptors (Lipinski definition) is 2. The number of anilines is 1. The average Bonchev–Trinajstić information content (AvgIpc) is 2.70. The van der Waals surface area contributed by atoms with Gasteiger partial charge in [-0.05, 0) is 36.8 Å². The summed E-state index contributed by atoms with van der Waals surface area (Å²) in [6.45, 7) is 3.06. The van der Waals surface area contributed by atoms with Gasteiger partial charge in [0.25, 0.3) is 0 Å². The number of hydrogen-bond donors (Lipinski definition) is 1. The summed E-state index contributed by atoms with van der Waals surface area (Å²) >= 11 is 0. The molecule has 1 amide bonds. The minimum Gasteiger partial charge on any atom is -0.327 e. The highest BCUT2D eigenvalue weighted by atomic mass is 16.2. The summed E-state index contributed by atoms with van der Waals surface area (Å²) < 4.78 is 0. The Morgan fingerprint density at radius 2 is 1.95 bits per heavy atom. The van der Waals surface area contributed by atoms with Gasteiger partial charge in [-0.3, -0.25) is 4.79 Å². The molecule has 0 spiro atoms. The number of para-hydroxylation sites is 1. The molecule has 3 unspecified atom stereocenters. The maximum Gasteiger partial charge on any atom is 0.231 e. The molecule has 21 heavy (non-hydrogen) atoms. The second-order valence-electron chi connectivity index (χ2n) is 6.80. The lowest BCUT2D eigenvalue weighted by atomic mass is 9.89. The highest BCUT2D eigenvalue weighted by molar-refractivity contribution is 5.96. The van der Waals surface area contributed by atoms with E-state index in [0.29, 0.717) is 5.92 Å². The van der Waals surface area contributed by atoms with E-state index in [-0.39, 0.29) is 17.9 Å². The number of fused-ring (bicyclic) bond motifs is 1. The van der Waals surface area contributed by atoms with Crippen LogP contribution in [0.5, 0.6) is 0 Å². The fourth-order valence-corrected chi connectivity index (χ4v) is 3.85. The molecular weight excluding hydrogens is 260 g/mol. The quantitative estimate of drug-likeness (QED) is 0.806. The van der Waals surface area contributed by atoms with Gasteiger partial charge >= 0.3 is 0 Å². The number of amides is 1. The van der Waals surface area contributed by atoms with E-state index in [9.17, 15) is 4.79 Å². The minimum absolute atomic E-state index is 0.00542. The van der Waals surface area contributed by atoms with E-state index in [1.54, 1.807) is 0 Å². The topological polar surface area (TPSA) is 46.3 Å². The van der Waals surface area contributed by atoms with Gasteiger partial charge in [-0.25, -0.2) is 0 Å². The standard InChI is InChI=1S/C18H26N2O/c1-13-11-14-7-5-6-10-17(14)20(12-13)18(21)15-8-3-2-4-9-16(15)19/h5-7,10,13,15-16H,2-4,8-9,11-12,19H2,1H3. The van der Waals surface area contributed by atoms with Crippen LogP contribution in [0.15, 0.2) is 24.3 Å². The Kier molecular flexibility index (Phi) is 4.29. The monoisotopic (exact) mass is 286 g/mol. The molecule has 2 aliphatic rings. The summed E-state index contributed by atoms with van der Waals surface area (Å²) in [7, 11) is 0. The van der Waals surface area contributed by atoms with Crippen LogP contribution in [-0.4, -0.2) is 18.5 Å². The number of nitrogens with zero attached hydrogens (tertiary/aromatic N) is 1. The highest BCUT2D eigenvalue weighted by Gasteiger charge is 2.34. The number of benzene rings is 1. The first-order valence-electron chi connectivity index (χ1n) is 8.31. The Bertz CT molecular complexity index is 514.